The van der Waals surface area contributed by atoms with E-state index in [9.17, 15) is 9.59 Å². The van der Waals surface area contributed by atoms with E-state index in [0.717, 1.165) is 5.56 Å². The van der Waals surface area contributed by atoms with Crippen LogP contribution in [0.4, 0.5) is 0 Å². The second-order valence-corrected chi connectivity index (χ2v) is 5.39. The minimum atomic E-state index is -1.00. The first-order chi connectivity index (χ1) is 8.78. The van der Waals surface area contributed by atoms with Crippen LogP contribution in [0.3, 0.4) is 0 Å². The van der Waals surface area contributed by atoms with E-state index in [1.165, 1.54) is 0 Å². The van der Waals surface area contributed by atoms with E-state index in [4.69, 9.17) is 9.84 Å². The van der Waals surface area contributed by atoms with Crippen molar-refractivity contribution in [2.24, 2.45) is 5.92 Å². The van der Waals surface area contributed by atoms with Crippen LogP contribution < -0.4 is 0 Å². The van der Waals surface area contributed by atoms with Crippen LogP contribution in [0, 0.1) is 5.92 Å². The molecule has 0 unspecified atom stereocenters. The lowest BCUT2D eigenvalue weighted by Crippen LogP contribution is -2.28. The summed E-state index contributed by atoms with van der Waals surface area (Å²) in [5.41, 5.74) is 0.188. The average molecular weight is 265 g/mol. The third-order valence-corrected chi connectivity index (χ3v) is 2.39. The summed E-state index contributed by atoms with van der Waals surface area (Å²) in [7, 11) is 0. The van der Waals surface area contributed by atoms with Gasteiger partial charge in [-0.25, -0.2) is 0 Å². The zero-order chi connectivity index (χ0) is 14.5. The second-order valence-electron chi connectivity index (χ2n) is 5.39. The summed E-state index contributed by atoms with van der Waals surface area (Å²) in [5, 5.41) is 9.15. The van der Waals surface area contributed by atoms with Crippen LogP contribution in [0.1, 0.15) is 32.8 Å². The molecule has 1 rings (SSSR count). The van der Waals surface area contributed by atoms with Crippen LogP contribution in [-0.2, 0) is 20.7 Å². The Morgan fingerprint density at radius 2 is 2.11 bits per heavy atom. The van der Waals surface area contributed by atoms with E-state index in [1.807, 2.05) is 0 Å². The number of carbonyl (C=O) groups excluding carboxylic acids is 1. The molecule has 0 aliphatic rings. The van der Waals surface area contributed by atoms with Crippen LogP contribution in [0.2, 0.25) is 0 Å². The minimum absolute atomic E-state index is 0.137. The highest BCUT2D eigenvalue weighted by atomic mass is 16.6. The third-order valence-electron chi connectivity index (χ3n) is 2.39. The molecule has 1 N–H and O–H groups in total. The van der Waals surface area contributed by atoms with Gasteiger partial charge in [0.25, 0.3) is 0 Å². The maximum atomic E-state index is 11.7. The molecule has 0 fully saturated rings. The highest BCUT2D eigenvalue weighted by Crippen LogP contribution is 2.16. The maximum absolute atomic E-state index is 11.7. The molecule has 0 aliphatic heterocycles. The smallest absolute Gasteiger partial charge is 0.307 e. The lowest BCUT2D eigenvalue weighted by Gasteiger charge is -2.21. The zero-order valence-corrected chi connectivity index (χ0v) is 11.4. The highest BCUT2D eigenvalue weighted by Gasteiger charge is 2.25. The predicted octanol–water partition coefficient (Wildman–Crippen LogP) is 2.06. The third kappa shape index (κ3) is 5.99. The number of hydrogen-bond acceptors (Lipinski definition) is 4. The molecule has 1 aromatic rings. The van der Waals surface area contributed by atoms with Crippen molar-refractivity contribution in [3.05, 3.63) is 30.1 Å². The number of carboxylic acid groups (broad SMARTS) is 1. The standard InChI is InChI=1S/C14H19NO4/c1-14(2,3)19-12(16)8-11(13(17)18)7-10-5-4-6-15-9-10/h4-6,9,11H,7-8H2,1-3H3,(H,17,18)/t11-/m0/s1. The highest BCUT2D eigenvalue weighted by molar-refractivity contribution is 5.79. The van der Waals surface area contributed by atoms with Crippen molar-refractivity contribution in [1.29, 1.82) is 0 Å². The first-order valence-corrected chi connectivity index (χ1v) is 6.11. The quantitative estimate of drug-likeness (QED) is 0.824. The number of nitrogens with zero attached hydrogens (tertiary/aromatic N) is 1. The number of rotatable bonds is 5. The molecule has 0 bridgehead atoms. The van der Waals surface area contributed by atoms with E-state index >= 15 is 0 Å². The monoisotopic (exact) mass is 265 g/mol. The Balaban J connectivity index is 2.64. The number of esters is 1. The summed E-state index contributed by atoms with van der Waals surface area (Å²) in [6, 6.07) is 3.53. The fourth-order valence-corrected chi connectivity index (χ4v) is 1.63. The molecule has 0 saturated carbocycles. The van der Waals surface area contributed by atoms with Gasteiger partial charge in [0, 0.05) is 12.4 Å². The van der Waals surface area contributed by atoms with Crippen molar-refractivity contribution >= 4 is 11.9 Å². The molecule has 104 valence electrons. The summed E-state index contributed by atoms with van der Waals surface area (Å²) >= 11 is 0. The molecule has 19 heavy (non-hydrogen) atoms. The molecule has 1 aromatic heterocycles. The summed E-state index contributed by atoms with van der Waals surface area (Å²) < 4.78 is 5.14. The Hall–Kier alpha value is -1.91. The lowest BCUT2D eigenvalue weighted by molar-refractivity contribution is -0.159. The van der Waals surface area contributed by atoms with Crippen molar-refractivity contribution in [3.63, 3.8) is 0 Å². The van der Waals surface area contributed by atoms with Gasteiger partial charge >= 0.3 is 11.9 Å². The number of aliphatic carboxylic acids is 1. The fourth-order valence-electron chi connectivity index (χ4n) is 1.63. The molecule has 1 heterocycles. The Kier molecular flexibility index (Phi) is 5.03. The average Bonchev–Trinajstić information content (AvgIpc) is 2.26. The van der Waals surface area contributed by atoms with E-state index in [0.29, 0.717) is 0 Å². The number of carbonyl (C=O) groups is 2. The summed E-state index contributed by atoms with van der Waals surface area (Å²) in [6.07, 6.45) is 3.35. The van der Waals surface area contributed by atoms with Gasteiger partial charge in [0.2, 0.25) is 0 Å². The molecular weight excluding hydrogens is 246 g/mol. The van der Waals surface area contributed by atoms with Crippen molar-refractivity contribution in [2.45, 2.75) is 39.2 Å². The molecule has 5 nitrogen and oxygen atoms in total. The second kappa shape index (κ2) is 6.31. The van der Waals surface area contributed by atoms with Gasteiger partial charge in [0.05, 0.1) is 12.3 Å². The Morgan fingerprint density at radius 1 is 1.42 bits per heavy atom. The number of aromatic nitrogens is 1. The number of hydrogen-bond donors (Lipinski definition) is 1. The van der Waals surface area contributed by atoms with E-state index in [1.54, 1.807) is 45.3 Å². The first kappa shape index (κ1) is 15.1. The van der Waals surface area contributed by atoms with Crippen molar-refractivity contribution < 1.29 is 19.4 Å². The molecule has 0 saturated heterocycles. The Bertz CT molecular complexity index is 437. The normalized spacial score (nSPS) is 12.8. The van der Waals surface area contributed by atoms with Gasteiger partial charge in [-0.1, -0.05) is 6.07 Å². The van der Waals surface area contributed by atoms with Crippen LogP contribution >= 0.6 is 0 Å². The SMILES string of the molecule is CC(C)(C)OC(=O)C[C@H](Cc1cccnc1)C(=O)O. The molecule has 0 amide bonds. The molecule has 0 aliphatic carbocycles. The van der Waals surface area contributed by atoms with Gasteiger partial charge in [-0.3, -0.25) is 14.6 Å². The van der Waals surface area contributed by atoms with E-state index in [2.05, 4.69) is 4.98 Å². The van der Waals surface area contributed by atoms with Gasteiger partial charge in [-0.05, 0) is 38.8 Å². The first-order valence-electron chi connectivity index (χ1n) is 6.11. The summed E-state index contributed by atoms with van der Waals surface area (Å²) in [5.74, 6) is -2.29. The van der Waals surface area contributed by atoms with E-state index < -0.39 is 23.5 Å². The van der Waals surface area contributed by atoms with Crippen LogP contribution in [-0.4, -0.2) is 27.6 Å². The van der Waals surface area contributed by atoms with Crippen LogP contribution in [0.15, 0.2) is 24.5 Å². The molecular formula is C14H19NO4. The maximum Gasteiger partial charge on any atom is 0.307 e. The van der Waals surface area contributed by atoms with E-state index in [-0.39, 0.29) is 12.8 Å². The summed E-state index contributed by atoms with van der Waals surface area (Å²) in [4.78, 5) is 26.8. The van der Waals surface area contributed by atoms with Crippen molar-refractivity contribution in [2.75, 3.05) is 0 Å². The van der Waals surface area contributed by atoms with Crippen molar-refractivity contribution in [1.82, 2.24) is 4.98 Å². The van der Waals surface area contributed by atoms with Gasteiger partial charge in [-0.15, -0.1) is 0 Å². The Labute approximate surface area is 112 Å². The molecule has 1 atom stereocenters. The number of carboxylic acids is 1. The van der Waals surface area contributed by atoms with Crippen LogP contribution in [0.5, 0.6) is 0 Å². The lowest BCUT2D eigenvalue weighted by atomic mass is 9.97. The molecule has 0 aromatic carbocycles. The largest absolute Gasteiger partial charge is 0.481 e. The topological polar surface area (TPSA) is 76.5 Å². The van der Waals surface area contributed by atoms with Gasteiger partial charge in [0.1, 0.15) is 5.60 Å². The molecule has 0 radical (unpaired) electrons. The fraction of sp³-hybridized carbons (Fsp3) is 0.500. The molecule has 0 spiro atoms. The van der Waals surface area contributed by atoms with Gasteiger partial charge in [-0.2, -0.15) is 0 Å². The Morgan fingerprint density at radius 3 is 2.58 bits per heavy atom. The van der Waals surface area contributed by atoms with Gasteiger partial charge < -0.3 is 9.84 Å². The zero-order valence-electron chi connectivity index (χ0n) is 11.4. The summed E-state index contributed by atoms with van der Waals surface area (Å²) in [6.45, 7) is 5.26. The molecule has 5 heteroatoms. The van der Waals surface area contributed by atoms with Crippen molar-refractivity contribution in [3.8, 4) is 0 Å². The number of ether oxygens (including phenoxy) is 1. The van der Waals surface area contributed by atoms with Gasteiger partial charge in [0.15, 0.2) is 0 Å². The predicted molar refractivity (Wildman–Crippen MR) is 69.5 cm³/mol. The minimum Gasteiger partial charge on any atom is -0.481 e. The number of pyridine rings is 1. The van der Waals surface area contributed by atoms with Crippen LogP contribution in [0.25, 0.3) is 0 Å².